The minimum absolute atomic E-state index is 0.227. The Balaban J connectivity index is 1.71. The first kappa shape index (κ1) is 21.3. The molecule has 0 aliphatic rings. The van der Waals surface area contributed by atoms with E-state index in [9.17, 15) is 4.79 Å². The topological polar surface area (TPSA) is 86.6 Å². The Morgan fingerprint density at radius 1 is 0.941 bits per heavy atom. The van der Waals surface area contributed by atoms with E-state index < -0.39 is 0 Å². The lowest BCUT2D eigenvalue weighted by Gasteiger charge is -2.14. The summed E-state index contributed by atoms with van der Waals surface area (Å²) in [6, 6.07) is 18.5. The lowest BCUT2D eigenvalue weighted by atomic mass is 9.99. The number of allylic oxidation sites excluding steroid dienone is 1. The number of para-hydroxylation sites is 3. The maximum atomic E-state index is 13.9. The maximum absolute atomic E-state index is 13.9. The second-order valence-electron chi connectivity index (χ2n) is 7.58. The number of oxazole rings is 1. The van der Waals surface area contributed by atoms with E-state index in [2.05, 4.69) is 9.97 Å². The van der Waals surface area contributed by atoms with Gasteiger partial charge in [-0.15, -0.1) is 0 Å². The van der Waals surface area contributed by atoms with Crippen molar-refractivity contribution in [3.8, 4) is 17.2 Å². The van der Waals surface area contributed by atoms with E-state index in [0.717, 1.165) is 16.5 Å². The highest BCUT2D eigenvalue weighted by atomic mass is 16.5. The highest BCUT2D eigenvalue weighted by Crippen LogP contribution is 2.39. The van der Waals surface area contributed by atoms with Crippen LogP contribution in [0.1, 0.15) is 21.8 Å². The number of aromatic nitrogens is 2. The van der Waals surface area contributed by atoms with Crippen LogP contribution < -0.4 is 14.2 Å². The number of nitrogens with one attached hydrogen (secondary N) is 1. The zero-order valence-electron chi connectivity index (χ0n) is 18.9. The van der Waals surface area contributed by atoms with E-state index in [0.29, 0.717) is 39.5 Å². The van der Waals surface area contributed by atoms with Crippen LogP contribution in [-0.2, 0) is 0 Å². The number of fused-ring (bicyclic) bond motifs is 2. The van der Waals surface area contributed by atoms with Crippen molar-refractivity contribution in [3.63, 3.8) is 0 Å². The Morgan fingerprint density at radius 3 is 2.35 bits per heavy atom. The number of H-pyrrole nitrogens is 1. The Kier molecular flexibility index (Phi) is 5.51. The lowest BCUT2D eigenvalue weighted by molar-refractivity contribution is 0.105. The summed E-state index contributed by atoms with van der Waals surface area (Å²) in [5.74, 6) is 1.11. The molecule has 5 rings (SSSR count). The zero-order valence-corrected chi connectivity index (χ0v) is 18.9. The third-order valence-corrected chi connectivity index (χ3v) is 5.62. The molecule has 0 amide bonds. The molecule has 2 heterocycles. The lowest BCUT2D eigenvalue weighted by Crippen LogP contribution is -2.05. The second-order valence-corrected chi connectivity index (χ2v) is 7.58. The summed E-state index contributed by atoms with van der Waals surface area (Å²) < 4.78 is 22.3. The number of carbonyl (C=O) groups excluding carboxylic acids is 1. The maximum Gasteiger partial charge on any atom is 0.231 e. The number of aromatic amines is 1. The Morgan fingerprint density at radius 2 is 1.65 bits per heavy atom. The van der Waals surface area contributed by atoms with Gasteiger partial charge in [0.1, 0.15) is 5.52 Å². The first-order valence-electron chi connectivity index (χ1n) is 10.6. The minimum atomic E-state index is -0.295. The van der Waals surface area contributed by atoms with Gasteiger partial charge in [0.25, 0.3) is 0 Å². The summed E-state index contributed by atoms with van der Waals surface area (Å²) in [5, 5.41) is 0.980. The monoisotopic (exact) mass is 454 g/mol. The van der Waals surface area contributed by atoms with E-state index in [4.69, 9.17) is 18.6 Å². The molecule has 0 saturated heterocycles. The number of nitrogens with zero attached hydrogens (tertiary/aromatic N) is 1. The molecule has 1 N–H and O–H groups in total. The van der Waals surface area contributed by atoms with Gasteiger partial charge in [0, 0.05) is 28.2 Å². The third kappa shape index (κ3) is 3.67. The number of ketones is 1. The number of hydrogen-bond acceptors (Lipinski definition) is 6. The van der Waals surface area contributed by atoms with Gasteiger partial charge in [0.15, 0.2) is 22.9 Å². The van der Waals surface area contributed by atoms with Crippen molar-refractivity contribution >= 4 is 39.4 Å². The van der Waals surface area contributed by atoms with Gasteiger partial charge in [-0.25, -0.2) is 4.98 Å². The van der Waals surface area contributed by atoms with E-state index in [1.54, 1.807) is 18.2 Å². The van der Waals surface area contributed by atoms with Crippen molar-refractivity contribution in [3.05, 3.63) is 83.9 Å². The molecule has 5 aromatic rings. The summed E-state index contributed by atoms with van der Waals surface area (Å²) >= 11 is 0. The standard InChI is InChI=1S/C27H22N2O5/c1-31-23-13-16(14-24(32-2)26(23)33-3)25(30)19(27-29-21-10-6-7-11-22(21)34-27)12-17-15-28-20-9-5-4-8-18(17)20/h4-15,28H,1-3H3. The van der Waals surface area contributed by atoms with Gasteiger partial charge in [0.05, 0.1) is 26.9 Å². The normalized spacial score (nSPS) is 11.7. The van der Waals surface area contributed by atoms with Crippen LogP contribution in [0.25, 0.3) is 33.7 Å². The number of carbonyl (C=O) groups is 1. The average molecular weight is 454 g/mol. The molecule has 0 saturated carbocycles. The summed E-state index contributed by atoms with van der Waals surface area (Å²) in [7, 11) is 4.53. The van der Waals surface area contributed by atoms with Gasteiger partial charge in [-0.1, -0.05) is 30.3 Å². The SMILES string of the molecule is COc1cc(C(=O)C(=Cc2c[nH]c3ccccc23)c2nc3ccccc3o2)cc(OC)c1OC. The molecular weight excluding hydrogens is 432 g/mol. The fraction of sp³-hybridized carbons (Fsp3) is 0.111. The third-order valence-electron chi connectivity index (χ3n) is 5.62. The first-order chi connectivity index (χ1) is 16.6. The Labute approximate surface area is 195 Å². The van der Waals surface area contributed by atoms with Gasteiger partial charge in [-0.2, -0.15) is 0 Å². The summed E-state index contributed by atoms with van der Waals surface area (Å²) in [6.45, 7) is 0. The first-order valence-corrected chi connectivity index (χ1v) is 10.6. The van der Waals surface area contributed by atoms with Crippen molar-refractivity contribution in [1.82, 2.24) is 9.97 Å². The summed E-state index contributed by atoms with van der Waals surface area (Å²) in [4.78, 5) is 21.7. The molecule has 0 fully saturated rings. The molecule has 7 nitrogen and oxygen atoms in total. The van der Waals surface area contributed by atoms with Crippen LogP contribution in [0.15, 0.2) is 71.3 Å². The molecule has 0 unspecified atom stereocenters. The smallest absolute Gasteiger partial charge is 0.231 e. The summed E-state index contributed by atoms with van der Waals surface area (Å²) in [5.41, 5.74) is 3.72. The molecular formula is C27H22N2O5. The molecule has 3 aromatic carbocycles. The number of Topliss-reactive ketones (excluding diaryl/α,β-unsaturated/α-hetero) is 1. The molecule has 2 aromatic heterocycles. The van der Waals surface area contributed by atoms with Crippen molar-refractivity contribution in [2.45, 2.75) is 0 Å². The van der Waals surface area contributed by atoms with Crippen molar-refractivity contribution in [1.29, 1.82) is 0 Å². The number of methoxy groups -OCH3 is 3. The number of benzene rings is 3. The quantitative estimate of drug-likeness (QED) is 0.249. The number of ether oxygens (including phenoxy) is 3. The highest BCUT2D eigenvalue weighted by Gasteiger charge is 2.24. The van der Waals surface area contributed by atoms with Gasteiger partial charge >= 0.3 is 0 Å². The van der Waals surface area contributed by atoms with Gasteiger partial charge < -0.3 is 23.6 Å². The minimum Gasteiger partial charge on any atom is -0.493 e. The Bertz CT molecular complexity index is 1490. The van der Waals surface area contributed by atoms with Crippen LogP contribution in [0, 0.1) is 0 Å². The predicted octanol–water partition coefficient (Wildman–Crippen LogP) is 5.76. The van der Waals surface area contributed by atoms with E-state index in [1.165, 1.54) is 21.3 Å². The van der Waals surface area contributed by atoms with Gasteiger partial charge in [-0.05, 0) is 36.4 Å². The molecule has 7 heteroatoms. The molecule has 0 aliphatic carbocycles. The molecule has 0 radical (unpaired) electrons. The fourth-order valence-electron chi connectivity index (χ4n) is 3.95. The van der Waals surface area contributed by atoms with E-state index >= 15 is 0 Å². The fourth-order valence-corrected chi connectivity index (χ4v) is 3.95. The molecule has 0 aliphatic heterocycles. The van der Waals surface area contributed by atoms with Crippen LogP contribution in [0.5, 0.6) is 17.2 Å². The summed E-state index contributed by atoms with van der Waals surface area (Å²) in [6.07, 6.45) is 3.64. The average Bonchev–Trinajstić information content (AvgIpc) is 3.49. The molecule has 170 valence electrons. The molecule has 0 spiro atoms. The van der Waals surface area contributed by atoms with Crippen LogP contribution in [0.2, 0.25) is 0 Å². The van der Waals surface area contributed by atoms with E-state index in [-0.39, 0.29) is 11.7 Å². The van der Waals surface area contributed by atoms with Crippen LogP contribution in [0.4, 0.5) is 0 Å². The number of rotatable bonds is 7. The van der Waals surface area contributed by atoms with Crippen molar-refractivity contribution in [2.24, 2.45) is 0 Å². The van der Waals surface area contributed by atoms with Crippen molar-refractivity contribution < 1.29 is 23.4 Å². The predicted molar refractivity (Wildman–Crippen MR) is 131 cm³/mol. The van der Waals surface area contributed by atoms with Crippen molar-refractivity contribution in [2.75, 3.05) is 21.3 Å². The Hall–Kier alpha value is -4.52. The molecule has 0 atom stereocenters. The van der Waals surface area contributed by atoms with Gasteiger partial charge in [0.2, 0.25) is 11.6 Å². The number of hydrogen-bond donors (Lipinski definition) is 1. The second kappa shape index (κ2) is 8.78. The van der Waals surface area contributed by atoms with Gasteiger partial charge in [-0.3, -0.25) is 4.79 Å². The molecule has 0 bridgehead atoms. The van der Waals surface area contributed by atoms with Crippen LogP contribution in [0.3, 0.4) is 0 Å². The largest absolute Gasteiger partial charge is 0.493 e. The zero-order chi connectivity index (χ0) is 23.7. The highest BCUT2D eigenvalue weighted by molar-refractivity contribution is 6.32. The van der Waals surface area contributed by atoms with Crippen LogP contribution in [-0.4, -0.2) is 37.1 Å². The van der Waals surface area contributed by atoms with Crippen LogP contribution >= 0.6 is 0 Å². The molecule has 34 heavy (non-hydrogen) atoms. The van der Waals surface area contributed by atoms with E-state index in [1.807, 2.05) is 54.7 Å².